The summed E-state index contributed by atoms with van der Waals surface area (Å²) in [5.74, 6) is 0.317. The largest absolute Gasteiger partial charge is 0.476 e. The molecule has 6 nitrogen and oxygen atoms in total. The van der Waals surface area contributed by atoms with Crippen molar-refractivity contribution in [2.75, 3.05) is 34.3 Å². The first-order valence-electron chi connectivity index (χ1n) is 7.72. The molecule has 124 valence electrons. The number of rotatable bonds is 8. The minimum absolute atomic E-state index is 0.188. The van der Waals surface area contributed by atoms with Gasteiger partial charge in [0.05, 0.1) is 12.2 Å². The van der Waals surface area contributed by atoms with Crippen molar-refractivity contribution in [3.8, 4) is 5.88 Å². The first kappa shape index (κ1) is 17.0. The van der Waals surface area contributed by atoms with Crippen LogP contribution in [0.25, 0.3) is 0 Å². The molecule has 0 unspecified atom stereocenters. The molecule has 0 saturated heterocycles. The molecule has 0 atom stereocenters. The lowest BCUT2D eigenvalue weighted by molar-refractivity contribution is 0.0957. The number of hydrogen-bond acceptors (Lipinski definition) is 4. The number of carbonyl (C=O) groups is 1. The van der Waals surface area contributed by atoms with Crippen LogP contribution in [0.1, 0.15) is 28.0 Å². The summed E-state index contributed by atoms with van der Waals surface area (Å²) >= 11 is 0. The molecule has 0 saturated carbocycles. The molecule has 1 aromatic carbocycles. The number of benzene rings is 1. The van der Waals surface area contributed by atoms with Gasteiger partial charge < -0.3 is 15.0 Å². The molecular weight excluding hydrogens is 292 g/mol. The van der Waals surface area contributed by atoms with Gasteiger partial charge in [-0.2, -0.15) is 0 Å². The lowest BCUT2D eigenvalue weighted by Gasteiger charge is -2.10. The van der Waals surface area contributed by atoms with Crippen molar-refractivity contribution < 1.29 is 9.53 Å². The van der Waals surface area contributed by atoms with E-state index in [0.29, 0.717) is 24.6 Å². The van der Waals surface area contributed by atoms with Crippen molar-refractivity contribution in [2.24, 2.45) is 0 Å². The standard InChI is InChI=1S/C17H24N4O2/c1-18-16(22)15-14(12-13-8-5-4-6-9-13)17(20-19-15)23-11-7-10-21(2)3/h4-6,8-9H,7,10-12H2,1-3H3,(H,18,22)(H,19,20). The van der Waals surface area contributed by atoms with Crippen molar-refractivity contribution in [1.29, 1.82) is 0 Å². The Labute approximate surface area is 136 Å². The van der Waals surface area contributed by atoms with E-state index in [1.54, 1.807) is 7.05 Å². The van der Waals surface area contributed by atoms with Crippen molar-refractivity contribution >= 4 is 5.91 Å². The summed E-state index contributed by atoms with van der Waals surface area (Å²) in [6.07, 6.45) is 1.50. The van der Waals surface area contributed by atoms with Crippen LogP contribution >= 0.6 is 0 Å². The highest BCUT2D eigenvalue weighted by Gasteiger charge is 2.19. The molecule has 1 heterocycles. The van der Waals surface area contributed by atoms with Crippen molar-refractivity contribution in [1.82, 2.24) is 20.4 Å². The summed E-state index contributed by atoms with van der Waals surface area (Å²) < 4.78 is 5.79. The molecule has 0 aliphatic rings. The van der Waals surface area contributed by atoms with Crippen molar-refractivity contribution in [2.45, 2.75) is 12.8 Å². The predicted octanol–water partition coefficient (Wildman–Crippen LogP) is 1.69. The second-order valence-electron chi connectivity index (χ2n) is 5.63. The van der Waals surface area contributed by atoms with E-state index < -0.39 is 0 Å². The zero-order valence-electron chi connectivity index (χ0n) is 13.9. The van der Waals surface area contributed by atoms with Crippen LogP contribution in [0.2, 0.25) is 0 Å². The summed E-state index contributed by atoms with van der Waals surface area (Å²) in [5, 5.41) is 9.60. The molecule has 2 aromatic rings. The number of H-pyrrole nitrogens is 1. The molecule has 2 rings (SSSR count). The van der Waals surface area contributed by atoms with E-state index in [9.17, 15) is 4.79 Å². The van der Waals surface area contributed by atoms with Gasteiger partial charge in [-0.1, -0.05) is 30.3 Å². The van der Waals surface area contributed by atoms with Gasteiger partial charge in [-0.15, -0.1) is 5.10 Å². The highest BCUT2D eigenvalue weighted by Crippen LogP contribution is 2.23. The van der Waals surface area contributed by atoms with Crippen LogP contribution in [0.4, 0.5) is 0 Å². The molecule has 0 aliphatic heterocycles. The number of aromatic nitrogens is 2. The van der Waals surface area contributed by atoms with Gasteiger partial charge >= 0.3 is 0 Å². The Morgan fingerprint density at radius 2 is 2.04 bits per heavy atom. The molecule has 2 N–H and O–H groups in total. The number of nitrogens with zero attached hydrogens (tertiary/aromatic N) is 2. The summed E-state index contributed by atoms with van der Waals surface area (Å²) in [4.78, 5) is 14.1. The maximum atomic E-state index is 12.0. The predicted molar refractivity (Wildman–Crippen MR) is 89.9 cm³/mol. The third-order valence-electron chi connectivity index (χ3n) is 3.50. The van der Waals surface area contributed by atoms with Crippen LogP contribution in [0.15, 0.2) is 30.3 Å². The van der Waals surface area contributed by atoms with E-state index in [1.807, 2.05) is 44.4 Å². The number of aromatic amines is 1. The second-order valence-corrected chi connectivity index (χ2v) is 5.63. The SMILES string of the molecule is CNC(=O)c1[nH]nc(OCCCN(C)C)c1Cc1ccccc1. The van der Waals surface area contributed by atoms with Crippen LogP contribution in [-0.4, -0.2) is 55.3 Å². The smallest absolute Gasteiger partial charge is 0.269 e. The maximum Gasteiger partial charge on any atom is 0.269 e. The van der Waals surface area contributed by atoms with Gasteiger partial charge in [0.1, 0.15) is 5.69 Å². The highest BCUT2D eigenvalue weighted by atomic mass is 16.5. The Balaban J connectivity index is 2.14. The number of nitrogens with one attached hydrogen (secondary N) is 2. The van der Waals surface area contributed by atoms with Gasteiger partial charge in [-0.25, -0.2) is 0 Å². The average molecular weight is 316 g/mol. The molecular formula is C17H24N4O2. The number of ether oxygens (including phenoxy) is 1. The van der Waals surface area contributed by atoms with Gasteiger partial charge in [-0.05, 0) is 26.1 Å². The van der Waals surface area contributed by atoms with Crippen LogP contribution in [0.5, 0.6) is 5.88 Å². The fourth-order valence-corrected chi connectivity index (χ4v) is 2.29. The Bertz CT molecular complexity index is 623. The summed E-state index contributed by atoms with van der Waals surface area (Å²) in [7, 11) is 5.66. The zero-order chi connectivity index (χ0) is 16.7. The highest BCUT2D eigenvalue weighted by molar-refractivity contribution is 5.94. The third kappa shape index (κ3) is 4.82. The topological polar surface area (TPSA) is 70.2 Å². The molecule has 1 amide bonds. The van der Waals surface area contributed by atoms with Crippen LogP contribution in [-0.2, 0) is 6.42 Å². The molecule has 0 aliphatic carbocycles. The Morgan fingerprint density at radius 1 is 1.30 bits per heavy atom. The Kier molecular flexibility index (Phi) is 6.17. The lowest BCUT2D eigenvalue weighted by Crippen LogP contribution is -2.20. The summed E-state index contributed by atoms with van der Waals surface area (Å²) in [6, 6.07) is 9.98. The molecule has 0 fully saturated rings. The quantitative estimate of drug-likeness (QED) is 0.727. The maximum absolute atomic E-state index is 12.0. The number of hydrogen-bond donors (Lipinski definition) is 2. The average Bonchev–Trinajstić information content (AvgIpc) is 2.94. The Hall–Kier alpha value is -2.34. The summed E-state index contributed by atoms with van der Waals surface area (Å²) in [5.41, 5.74) is 2.36. The van der Waals surface area contributed by atoms with E-state index in [0.717, 1.165) is 24.1 Å². The van der Waals surface area contributed by atoms with E-state index in [4.69, 9.17) is 4.74 Å². The van der Waals surface area contributed by atoms with Gasteiger partial charge in [0.2, 0.25) is 5.88 Å². The fourth-order valence-electron chi connectivity index (χ4n) is 2.29. The summed E-state index contributed by atoms with van der Waals surface area (Å²) in [6.45, 7) is 1.51. The Morgan fingerprint density at radius 3 is 2.70 bits per heavy atom. The minimum atomic E-state index is -0.188. The monoisotopic (exact) mass is 316 g/mol. The van der Waals surface area contributed by atoms with E-state index in [-0.39, 0.29) is 5.91 Å². The first-order chi connectivity index (χ1) is 11.1. The lowest BCUT2D eigenvalue weighted by atomic mass is 10.0. The molecule has 23 heavy (non-hydrogen) atoms. The van der Waals surface area contributed by atoms with Gasteiger partial charge in [0.25, 0.3) is 5.91 Å². The number of amides is 1. The van der Waals surface area contributed by atoms with E-state index in [1.165, 1.54) is 0 Å². The van der Waals surface area contributed by atoms with E-state index >= 15 is 0 Å². The minimum Gasteiger partial charge on any atom is -0.476 e. The zero-order valence-corrected chi connectivity index (χ0v) is 13.9. The van der Waals surface area contributed by atoms with E-state index in [2.05, 4.69) is 20.4 Å². The third-order valence-corrected chi connectivity index (χ3v) is 3.50. The first-order valence-corrected chi connectivity index (χ1v) is 7.72. The molecule has 0 bridgehead atoms. The second kappa shape index (κ2) is 8.33. The normalized spacial score (nSPS) is 10.8. The molecule has 1 aromatic heterocycles. The van der Waals surface area contributed by atoms with Crippen molar-refractivity contribution in [3.63, 3.8) is 0 Å². The van der Waals surface area contributed by atoms with Gasteiger partial charge in [0.15, 0.2) is 0 Å². The fraction of sp³-hybridized carbons (Fsp3) is 0.412. The van der Waals surface area contributed by atoms with Crippen LogP contribution < -0.4 is 10.1 Å². The molecule has 0 spiro atoms. The molecule has 0 radical (unpaired) electrons. The van der Waals surface area contributed by atoms with Crippen LogP contribution in [0.3, 0.4) is 0 Å². The van der Waals surface area contributed by atoms with Crippen molar-refractivity contribution in [3.05, 3.63) is 47.2 Å². The van der Waals surface area contributed by atoms with Crippen LogP contribution in [0, 0.1) is 0 Å². The number of carbonyl (C=O) groups excluding carboxylic acids is 1. The molecule has 6 heteroatoms. The van der Waals surface area contributed by atoms with Gasteiger partial charge in [0, 0.05) is 20.0 Å². The van der Waals surface area contributed by atoms with Gasteiger partial charge in [-0.3, -0.25) is 9.89 Å².